The summed E-state index contributed by atoms with van der Waals surface area (Å²) in [5.41, 5.74) is 0.334. The summed E-state index contributed by atoms with van der Waals surface area (Å²) in [7, 11) is 0. The molecule has 0 spiro atoms. The second kappa shape index (κ2) is 8.49. The van der Waals surface area contributed by atoms with Gasteiger partial charge < -0.3 is 29.9 Å². The highest BCUT2D eigenvalue weighted by Crippen LogP contribution is 2.27. The summed E-state index contributed by atoms with van der Waals surface area (Å²) in [6.07, 6.45) is -10.3. The van der Waals surface area contributed by atoms with Crippen molar-refractivity contribution in [2.24, 2.45) is 0 Å². The Labute approximate surface area is 160 Å². The second-order valence-corrected chi connectivity index (χ2v) is 6.43. The summed E-state index contributed by atoms with van der Waals surface area (Å²) in [5, 5.41) is 40.9. The van der Waals surface area contributed by atoms with E-state index >= 15 is 0 Å². The monoisotopic (exact) mass is 388 g/mol. The van der Waals surface area contributed by atoms with Crippen LogP contribution < -0.4 is 0 Å². The van der Waals surface area contributed by atoms with Crippen LogP contribution >= 0.6 is 0 Å². The van der Waals surface area contributed by atoms with E-state index in [4.69, 9.17) is 9.47 Å². The third-order valence-corrected chi connectivity index (χ3v) is 4.55. The van der Waals surface area contributed by atoms with E-state index < -0.39 is 48.6 Å². The number of carbonyl (C=O) groups excluding carboxylic acids is 2. The molecule has 148 valence electrons. The molecule has 0 radical (unpaired) electrons. The van der Waals surface area contributed by atoms with Crippen molar-refractivity contribution in [1.82, 2.24) is 0 Å². The van der Waals surface area contributed by atoms with Gasteiger partial charge >= 0.3 is 11.9 Å². The fourth-order valence-electron chi connectivity index (χ4n) is 2.99. The molecule has 2 aromatic rings. The van der Waals surface area contributed by atoms with Gasteiger partial charge in [-0.15, -0.1) is 0 Å². The number of aliphatic hydroxyl groups excluding tert-OH is 4. The van der Waals surface area contributed by atoms with E-state index in [2.05, 4.69) is 0 Å². The van der Waals surface area contributed by atoms with Gasteiger partial charge in [0.2, 0.25) is 0 Å². The first-order chi connectivity index (χ1) is 13.4. The number of ether oxygens (including phenoxy) is 2. The highest BCUT2D eigenvalue weighted by molar-refractivity contribution is 5.90. The predicted molar refractivity (Wildman–Crippen MR) is 95.3 cm³/mol. The maximum Gasteiger partial charge on any atom is 0.338 e. The van der Waals surface area contributed by atoms with E-state index in [1.165, 1.54) is 24.3 Å². The molecular weight excluding hydrogens is 368 g/mol. The fraction of sp³-hybridized carbons (Fsp3) is 0.300. The van der Waals surface area contributed by atoms with Gasteiger partial charge in [0.15, 0.2) is 12.2 Å². The van der Waals surface area contributed by atoms with Gasteiger partial charge in [0, 0.05) is 0 Å². The number of aliphatic hydroxyl groups is 4. The molecule has 1 fully saturated rings. The van der Waals surface area contributed by atoms with Gasteiger partial charge in [0.05, 0.1) is 11.1 Å². The Bertz CT molecular complexity index is 742. The van der Waals surface area contributed by atoms with Crippen LogP contribution in [0.25, 0.3) is 0 Å². The van der Waals surface area contributed by atoms with Crippen LogP contribution in [0.4, 0.5) is 0 Å². The zero-order chi connectivity index (χ0) is 20.3. The highest BCUT2D eigenvalue weighted by atomic mass is 16.6. The normalized spacial score (nSPS) is 29.7. The molecule has 6 atom stereocenters. The average Bonchev–Trinajstić information content (AvgIpc) is 2.73. The quantitative estimate of drug-likeness (QED) is 0.534. The summed E-state index contributed by atoms with van der Waals surface area (Å²) < 4.78 is 10.3. The minimum atomic E-state index is -1.80. The number of hydrogen-bond acceptors (Lipinski definition) is 8. The molecule has 1 aliphatic rings. The largest absolute Gasteiger partial charge is 0.453 e. The molecule has 2 aromatic carbocycles. The minimum absolute atomic E-state index is 0.167. The van der Waals surface area contributed by atoms with Gasteiger partial charge in [-0.1, -0.05) is 36.4 Å². The molecule has 3 rings (SSSR count). The molecule has 1 saturated carbocycles. The zero-order valence-corrected chi connectivity index (χ0v) is 14.7. The molecule has 0 bridgehead atoms. The fourth-order valence-corrected chi connectivity index (χ4v) is 2.99. The van der Waals surface area contributed by atoms with Crippen LogP contribution in [-0.4, -0.2) is 69.0 Å². The Morgan fingerprint density at radius 1 is 0.571 bits per heavy atom. The zero-order valence-electron chi connectivity index (χ0n) is 14.7. The minimum Gasteiger partial charge on any atom is -0.453 e. The summed E-state index contributed by atoms with van der Waals surface area (Å²) in [4.78, 5) is 24.5. The van der Waals surface area contributed by atoms with Gasteiger partial charge in [-0.2, -0.15) is 0 Å². The van der Waals surface area contributed by atoms with Crippen LogP contribution in [0.2, 0.25) is 0 Å². The molecule has 2 unspecified atom stereocenters. The molecule has 4 N–H and O–H groups in total. The van der Waals surface area contributed by atoms with Gasteiger partial charge in [-0.3, -0.25) is 0 Å². The van der Waals surface area contributed by atoms with Crippen LogP contribution in [0.15, 0.2) is 60.7 Å². The van der Waals surface area contributed by atoms with Crippen LogP contribution in [0.1, 0.15) is 20.7 Å². The lowest BCUT2D eigenvalue weighted by atomic mass is 9.84. The van der Waals surface area contributed by atoms with E-state index in [0.717, 1.165) is 0 Å². The topological polar surface area (TPSA) is 134 Å². The summed E-state index contributed by atoms with van der Waals surface area (Å²) >= 11 is 0. The van der Waals surface area contributed by atoms with E-state index in [9.17, 15) is 30.0 Å². The maximum absolute atomic E-state index is 12.2. The highest BCUT2D eigenvalue weighted by Gasteiger charge is 2.52. The lowest BCUT2D eigenvalue weighted by Gasteiger charge is -2.42. The molecular formula is C20H20O8. The van der Waals surface area contributed by atoms with Crippen molar-refractivity contribution in [1.29, 1.82) is 0 Å². The van der Waals surface area contributed by atoms with Crippen molar-refractivity contribution < 1.29 is 39.5 Å². The first-order valence-corrected chi connectivity index (χ1v) is 8.64. The van der Waals surface area contributed by atoms with Crippen molar-refractivity contribution in [2.45, 2.75) is 36.6 Å². The molecule has 0 aliphatic heterocycles. The van der Waals surface area contributed by atoms with Crippen molar-refractivity contribution in [3.63, 3.8) is 0 Å². The summed E-state index contributed by atoms with van der Waals surface area (Å²) in [6, 6.07) is 15.7. The number of esters is 2. The molecule has 8 heteroatoms. The Kier molecular flexibility index (Phi) is 6.05. The average molecular weight is 388 g/mol. The predicted octanol–water partition coefficient (Wildman–Crippen LogP) is -0.105. The van der Waals surface area contributed by atoms with E-state index in [0.29, 0.717) is 0 Å². The number of rotatable bonds is 4. The Morgan fingerprint density at radius 2 is 0.929 bits per heavy atom. The molecule has 0 amide bonds. The first-order valence-electron chi connectivity index (χ1n) is 8.64. The number of carbonyl (C=O) groups is 2. The standard InChI is InChI=1S/C20H20O8/c21-13-14(22)17(27-19(25)11-7-3-1-4-8-11)16(24)18(15(13)23)28-20(26)12-9-5-2-6-10-12/h1-10,13-18,21-24H/t13?,14-,15-,16?,17-,18+/m1/s1. The third kappa shape index (κ3) is 4.05. The molecule has 0 saturated heterocycles. The van der Waals surface area contributed by atoms with Crippen molar-refractivity contribution in [3.8, 4) is 0 Å². The maximum atomic E-state index is 12.2. The Hall–Kier alpha value is -2.78. The third-order valence-electron chi connectivity index (χ3n) is 4.55. The Morgan fingerprint density at radius 3 is 1.29 bits per heavy atom. The van der Waals surface area contributed by atoms with Gasteiger partial charge in [0.1, 0.15) is 24.4 Å². The van der Waals surface area contributed by atoms with Crippen molar-refractivity contribution >= 4 is 11.9 Å². The summed E-state index contributed by atoms with van der Waals surface area (Å²) in [5.74, 6) is -1.69. The van der Waals surface area contributed by atoms with E-state index in [-0.39, 0.29) is 11.1 Å². The SMILES string of the molecule is O=C(O[C@@H]1C(O)[C@H](OC(=O)c2ccccc2)[C@H](O)C(O)[C@H]1O)c1ccccc1. The molecule has 0 aromatic heterocycles. The van der Waals surface area contributed by atoms with Gasteiger partial charge in [-0.05, 0) is 24.3 Å². The number of hydrogen-bond donors (Lipinski definition) is 4. The smallest absolute Gasteiger partial charge is 0.338 e. The molecule has 0 heterocycles. The van der Waals surface area contributed by atoms with Crippen molar-refractivity contribution in [2.75, 3.05) is 0 Å². The molecule has 28 heavy (non-hydrogen) atoms. The van der Waals surface area contributed by atoms with Crippen LogP contribution in [0.3, 0.4) is 0 Å². The van der Waals surface area contributed by atoms with Crippen LogP contribution in [-0.2, 0) is 9.47 Å². The molecule has 8 nitrogen and oxygen atoms in total. The lowest BCUT2D eigenvalue weighted by Crippen LogP contribution is -2.65. The Balaban J connectivity index is 1.77. The van der Waals surface area contributed by atoms with Crippen LogP contribution in [0.5, 0.6) is 0 Å². The van der Waals surface area contributed by atoms with Crippen molar-refractivity contribution in [3.05, 3.63) is 71.8 Å². The lowest BCUT2D eigenvalue weighted by molar-refractivity contribution is -0.223. The number of benzene rings is 2. The van der Waals surface area contributed by atoms with E-state index in [1.54, 1.807) is 36.4 Å². The second-order valence-electron chi connectivity index (χ2n) is 6.43. The van der Waals surface area contributed by atoms with Gasteiger partial charge in [-0.25, -0.2) is 9.59 Å². The molecule has 1 aliphatic carbocycles. The van der Waals surface area contributed by atoms with Crippen LogP contribution in [0, 0.1) is 0 Å². The van der Waals surface area contributed by atoms with Gasteiger partial charge in [0.25, 0.3) is 0 Å². The van der Waals surface area contributed by atoms with E-state index in [1.807, 2.05) is 0 Å². The first kappa shape index (κ1) is 20.0. The summed E-state index contributed by atoms with van der Waals surface area (Å²) in [6.45, 7) is 0.